The molecule has 4 N–H and O–H groups in total. The number of para-hydroxylation sites is 1. The number of methoxy groups -OCH3 is 1. The summed E-state index contributed by atoms with van der Waals surface area (Å²) in [6.45, 7) is 1.06. The number of benzene rings is 1. The number of ether oxygens (including phenoxy) is 1. The fraction of sp³-hybridized carbons (Fsp3) is 0.231. The van der Waals surface area contributed by atoms with Crippen molar-refractivity contribution in [1.29, 1.82) is 0 Å². The summed E-state index contributed by atoms with van der Waals surface area (Å²) in [7, 11) is 1.61. The number of hydrogen-bond donors (Lipinski definition) is 2. The highest BCUT2D eigenvalue weighted by Crippen LogP contribution is 2.20. The third kappa shape index (κ3) is 2.74. The average molecular weight is 260 g/mol. The van der Waals surface area contributed by atoms with Crippen molar-refractivity contribution in [2.75, 3.05) is 13.7 Å². The van der Waals surface area contributed by atoms with E-state index in [-0.39, 0.29) is 5.96 Å². The Bertz CT molecular complexity index is 627. The first-order valence-corrected chi connectivity index (χ1v) is 5.84. The van der Waals surface area contributed by atoms with Gasteiger partial charge in [-0.05, 0) is 12.1 Å². The van der Waals surface area contributed by atoms with Gasteiger partial charge in [0.25, 0.3) is 5.91 Å². The summed E-state index contributed by atoms with van der Waals surface area (Å²) in [5, 5.41) is 0.966. The molecule has 0 spiro atoms. The Kier molecular flexibility index (Phi) is 3.82. The third-order valence-electron chi connectivity index (χ3n) is 2.78. The summed E-state index contributed by atoms with van der Waals surface area (Å²) >= 11 is 0. The van der Waals surface area contributed by atoms with E-state index in [1.165, 1.54) is 0 Å². The zero-order chi connectivity index (χ0) is 13.8. The topological polar surface area (TPSA) is 95.6 Å². The number of amides is 1. The lowest BCUT2D eigenvalue weighted by atomic mass is 10.2. The molecule has 1 heterocycles. The van der Waals surface area contributed by atoms with Crippen molar-refractivity contribution >= 4 is 22.8 Å². The highest BCUT2D eigenvalue weighted by Gasteiger charge is 2.14. The van der Waals surface area contributed by atoms with Gasteiger partial charge in [-0.15, -0.1) is 0 Å². The molecule has 0 saturated carbocycles. The normalized spacial score (nSPS) is 10.6. The first-order chi connectivity index (χ1) is 9.13. The molecule has 0 saturated heterocycles. The number of aromatic nitrogens is 1. The fourth-order valence-electron chi connectivity index (χ4n) is 1.99. The van der Waals surface area contributed by atoms with Crippen LogP contribution < -0.4 is 11.5 Å². The van der Waals surface area contributed by atoms with Gasteiger partial charge in [0.15, 0.2) is 5.96 Å². The smallest absolute Gasteiger partial charge is 0.296 e. The Morgan fingerprint density at radius 3 is 2.79 bits per heavy atom. The SMILES string of the molecule is COCCn1c(C(=O)N=C(N)N)cc2ccccc21. The molecule has 0 atom stereocenters. The standard InChI is InChI=1S/C13H16N4O2/c1-19-7-6-17-10-5-3-2-4-9(10)8-11(17)12(18)16-13(14)15/h2-5,8H,6-7H2,1H3,(H4,14,15,16,18). The van der Waals surface area contributed by atoms with Gasteiger partial charge < -0.3 is 20.8 Å². The molecule has 0 aliphatic carbocycles. The molecule has 6 heteroatoms. The average Bonchev–Trinajstić information content (AvgIpc) is 2.74. The monoisotopic (exact) mass is 260 g/mol. The van der Waals surface area contributed by atoms with Gasteiger partial charge in [0, 0.05) is 24.6 Å². The molecule has 1 amide bonds. The molecule has 2 aromatic rings. The fourth-order valence-corrected chi connectivity index (χ4v) is 1.99. The van der Waals surface area contributed by atoms with E-state index in [4.69, 9.17) is 16.2 Å². The van der Waals surface area contributed by atoms with E-state index < -0.39 is 5.91 Å². The van der Waals surface area contributed by atoms with Crippen LogP contribution in [0, 0.1) is 0 Å². The molecular weight excluding hydrogens is 244 g/mol. The zero-order valence-electron chi connectivity index (χ0n) is 10.7. The molecule has 0 unspecified atom stereocenters. The number of aliphatic imine (C=N–C) groups is 1. The lowest BCUT2D eigenvalue weighted by Gasteiger charge is -2.07. The number of rotatable bonds is 4. The Labute approximate surface area is 110 Å². The van der Waals surface area contributed by atoms with Crippen molar-refractivity contribution in [3.8, 4) is 0 Å². The number of hydrogen-bond acceptors (Lipinski definition) is 2. The summed E-state index contributed by atoms with van der Waals surface area (Å²) in [5.74, 6) is -0.694. The molecular formula is C13H16N4O2. The van der Waals surface area contributed by atoms with E-state index in [9.17, 15) is 4.79 Å². The highest BCUT2D eigenvalue weighted by atomic mass is 16.5. The van der Waals surface area contributed by atoms with Gasteiger partial charge in [0.2, 0.25) is 0 Å². The number of nitrogens with zero attached hydrogens (tertiary/aromatic N) is 2. The maximum absolute atomic E-state index is 12.0. The van der Waals surface area contributed by atoms with Crippen molar-refractivity contribution in [1.82, 2.24) is 4.57 Å². The number of guanidine groups is 1. The Morgan fingerprint density at radius 1 is 1.37 bits per heavy atom. The summed E-state index contributed by atoms with van der Waals surface area (Å²) in [5.41, 5.74) is 11.9. The van der Waals surface area contributed by atoms with E-state index in [1.807, 2.05) is 28.8 Å². The van der Waals surface area contributed by atoms with Crippen LogP contribution >= 0.6 is 0 Å². The van der Waals surface area contributed by atoms with E-state index in [2.05, 4.69) is 4.99 Å². The molecule has 0 aliphatic rings. The van der Waals surface area contributed by atoms with Gasteiger partial charge in [-0.3, -0.25) is 4.79 Å². The van der Waals surface area contributed by atoms with Crippen LogP contribution in [0.15, 0.2) is 35.3 Å². The lowest BCUT2D eigenvalue weighted by Crippen LogP contribution is -2.25. The van der Waals surface area contributed by atoms with Crippen molar-refractivity contribution in [2.24, 2.45) is 16.5 Å². The van der Waals surface area contributed by atoms with Gasteiger partial charge >= 0.3 is 0 Å². The van der Waals surface area contributed by atoms with Gasteiger partial charge in [0.1, 0.15) is 5.69 Å². The van der Waals surface area contributed by atoms with Gasteiger partial charge in [-0.25, -0.2) is 0 Å². The molecule has 6 nitrogen and oxygen atoms in total. The Balaban J connectivity index is 2.52. The van der Waals surface area contributed by atoms with E-state index in [0.717, 1.165) is 10.9 Å². The molecule has 0 radical (unpaired) electrons. The van der Waals surface area contributed by atoms with E-state index in [1.54, 1.807) is 13.2 Å². The Morgan fingerprint density at radius 2 is 2.11 bits per heavy atom. The minimum Gasteiger partial charge on any atom is -0.383 e. The highest BCUT2D eigenvalue weighted by molar-refractivity contribution is 6.04. The van der Waals surface area contributed by atoms with Crippen molar-refractivity contribution in [3.63, 3.8) is 0 Å². The van der Waals surface area contributed by atoms with Gasteiger partial charge in [-0.2, -0.15) is 4.99 Å². The first kappa shape index (κ1) is 13.1. The van der Waals surface area contributed by atoms with Crippen LogP contribution in [0.2, 0.25) is 0 Å². The summed E-state index contributed by atoms with van der Waals surface area (Å²) in [6.07, 6.45) is 0. The third-order valence-corrected chi connectivity index (χ3v) is 2.78. The molecule has 19 heavy (non-hydrogen) atoms. The van der Waals surface area contributed by atoms with E-state index >= 15 is 0 Å². The van der Waals surface area contributed by atoms with Gasteiger partial charge in [0.05, 0.1) is 6.61 Å². The van der Waals surface area contributed by atoms with Crippen LogP contribution in [0.3, 0.4) is 0 Å². The Hall–Kier alpha value is -2.34. The minimum absolute atomic E-state index is 0.242. The first-order valence-electron chi connectivity index (χ1n) is 5.84. The van der Waals surface area contributed by atoms with Crippen LogP contribution in [0.5, 0.6) is 0 Å². The van der Waals surface area contributed by atoms with Crippen LogP contribution in [0.25, 0.3) is 10.9 Å². The summed E-state index contributed by atoms with van der Waals surface area (Å²) < 4.78 is 6.92. The molecule has 0 bridgehead atoms. The van der Waals surface area contributed by atoms with Crippen molar-refractivity contribution in [3.05, 3.63) is 36.0 Å². The maximum atomic E-state index is 12.0. The minimum atomic E-state index is -0.452. The van der Waals surface area contributed by atoms with Gasteiger partial charge in [-0.1, -0.05) is 18.2 Å². The predicted octanol–water partition coefficient (Wildman–Crippen LogP) is 0.701. The molecule has 100 valence electrons. The van der Waals surface area contributed by atoms with Crippen LogP contribution in [0.4, 0.5) is 0 Å². The molecule has 0 aliphatic heterocycles. The van der Waals surface area contributed by atoms with Crippen molar-refractivity contribution in [2.45, 2.75) is 6.54 Å². The zero-order valence-corrected chi connectivity index (χ0v) is 10.7. The number of fused-ring (bicyclic) bond motifs is 1. The summed E-state index contributed by atoms with van der Waals surface area (Å²) in [6, 6.07) is 9.49. The molecule has 1 aromatic carbocycles. The predicted molar refractivity (Wildman–Crippen MR) is 74.0 cm³/mol. The van der Waals surface area contributed by atoms with Crippen molar-refractivity contribution < 1.29 is 9.53 Å². The van der Waals surface area contributed by atoms with Crippen LogP contribution in [-0.4, -0.2) is 30.2 Å². The molecule has 1 aromatic heterocycles. The number of carbonyl (C=O) groups excluding carboxylic acids is 1. The van der Waals surface area contributed by atoms with E-state index in [0.29, 0.717) is 18.8 Å². The maximum Gasteiger partial charge on any atom is 0.296 e. The number of carbonyl (C=O) groups is 1. The van der Waals surface area contributed by atoms with Crippen LogP contribution in [0.1, 0.15) is 10.5 Å². The lowest BCUT2D eigenvalue weighted by molar-refractivity contribution is 0.0991. The van der Waals surface area contributed by atoms with Crippen LogP contribution in [-0.2, 0) is 11.3 Å². The largest absolute Gasteiger partial charge is 0.383 e. The second-order valence-corrected chi connectivity index (χ2v) is 4.07. The quantitative estimate of drug-likeness (QED) is 0.625. The summed E-state index contributed by atoms with van der Waals surface area (Å²) in [4.78, 5) is 15.6. The number of nitrogens with two attached hydrogens (primary N) is 2. The molecule has 2 rings (SSSR count). The second kappa shape index (κ2) is 5.53. The second-order valence-electron chi connectivity index (χ2n) is 4.07. The molecule has 0 fully saturated rings.